The van der Waals surface area contributed by atoms with Gasteiger partial charge in [-0.25, -0.2) is 0 Å². The van der Waals surface area contributed by atoms with Crippen molar-refractivity contribution < 1.29 is 14.3 Å². The minimum atomic E-state index is -0.196. The van der Waals surface area contributed by atoms with E-state index in [9.17, 15) is 9.59 Å². The highest BCUT2D eigenvalue weighted by atomic mass is 16.5. The molecule has 2 amide bonds. The summed E-state index contributed by atoms with van der Waals surface area (Å²) in [6.07, 6.45) is 1.30. The number of hydrogen-bond donors (Lipinski definition) is 1. The molecular formula is C23H25N3O3. The van der Waals surface area contributed by atoms with Crippen LogP contribution in [0.5, 0.6) is 5.75 Å². The summed E-state index contributed by atoms with van der Waals surface area (Å²) in [4.78, 5) is 27.5. The molecule has 0 saturated carbocycles. The smallest absolute Gasteiger partial charge is 0.270 e. The van der Waals surface area contributed by atoms with Gasteiger partial charge in [0.05, 0.1) is 18.3 Å². The number of fused-ring (bicyclic) bond motifs is 1. The van der Waals surface area contributed by atoms with Crippen molar-refractivity contribution in [2.75, 3.05) is 18.6 Å². The number of anilines is 1. The Bertz CT molecular complexity index is 1080. The van der Waals surface area contributed by atoms with Crippen LogP contribution in [0.2, 0.25) is 0 Å². The topological polar surface area (TPSA) is 63.6 Å². The first-order valence-corrected chi connectivity index (χ1v) is 9.80. The van der Waals surface area contributed by atoms with E-state index in [4.69, 9.17) is 4.74 Å². The van der Waals surface area contributed by atoms with Crippen molar-refractivity contribution in [3.05, 3.63) is 59.3 Å². The highest BCUT2D eigenvalue weighted by Crippen LogP contribution is 2.37. The number of carbonyl (C=O) groups excluding carboxylic acids is 2. The Morgan fingerprint density at radius 2 is 1.93 bits per heavy atom. The Kier molecular flexibility index (Phi) is 5.01. The van der Waals surface area contributed by atoms with Crippen LogP contribution < -0.4 is 15.0 Å². The molecule has 1 aliphatic rings. The quantitative estimate of drug-likeness (QED) is 0.723. The number of carbonyl (C=O) groups is 2. The van der Waals surface area contributed by atoms with Gasteiger partial charge in [-0.2, -0.15) is 0 Å². The molecule has 0 unspecified atom stereocenters. The van der Waals surface area contributed by atoms with Crippen LogP contribution in [0.25, 0.3) is 10.9 Å². The lowest BCUT2D eigenvalue weighted by Gasteiger charge is -2.18. The summed E-state index contributed by atoms with van der Waals surface area (Å²) < 4.78 is 7.24. The Labute approximate surface area is 170 Å². The van der Waals surface area contributed by atoms with E-state index in [1.807, 2.05) is 61.0 Å². The number of benzene rings is 2. The van der Waals surface area contributed by atoms with Gasteiger partial charge in [-0.15, -0.1) is 0 Å². The van der Waals surface area contributed by atoms with Crippen LogP contribution in [-0.2, 0) is 18.4 Å². The number of methoxy groups -OCH3 is 1. The van der Waals surface area contributed by atoms with Crippen LogP contribution >= 0.6 is 0 Å². The third-order valence-electron chi connectivity index (χ3n) is 5.51. The molecule has 29 heavy (non-hydrogen) atoms. The molecule has 0 atom stereocenters. The molecule has 0 bridgehead atoms. The molecule has 0 spiro atoms. The summed E-state index contributed by atoms with van der Waals surface area (Å²) in [5, 5.41) is 3.86. The van der Waals surface area contributed by atoms with Gasteiger partial charge in [-0.05, 0) is 37.1 Å². The summed E-state index contributed by atoms with van der Waals surface area (Å²) in [5.41, 5.74) is 4.27. The zero-order chi connectivity index (χ0) is 20.5. The fraction of sp³-hybridized carbons (Fsp3) is 0.304. The number of rotatable bonds is 5. The van der Waals surface area contributed by atoms with Gasteiger partial charge in [0.15, 0.2) is 0 Å². The molecule has 6 nitrogen and oxygen atoms in total. The van der Waals surface area contributed by atoms with E-state index in [1.54, 1.807) is 12.0 Å². The molecule has 3 aromatic rings. The summed E-state index contributed by atoms with van der Waals surface area (Å²) in [6.45, 7) is 3.08. The summed E-state index contributed by atoms with van der Waals surface area (Å²) in [5.74, 6) is 0.549. The predicted octanol–water partition coefficient (Wildman–Crippen LogP) is 3.55. The molecule has 150 valence electrons. The lowest BCUT2D eigenvalue weighted by atomic mass is 10.1. The molecule has 1 N–H and O–H groups in total. The third-order valence-corrected chi connectivity index (χ3v) is 5.51. The van der Waals surface area contributed by atoms with Crippen molar-refractivity contribution in [2.45, 2.75) is 26.3 Å². The zero-order valence-corrected chi connectivity index (χ0v) is 17.0. The molecule has 1 aromatic heterocycles. The summed E-state index contributed by atoms with van der Waals surface area (Å²) >= 11 is 0. The van der Waals surface area contributed by atoms with Crippen molar-refractivity contribution in [3.8, 4) is 5.75 Å². The van der Waals surface area contributed by atoms with Crippen LogP contribution in [0.15, 0.2) is 42.5 Å². The number of aryl methyl sites for hydroxylation is 2. The molecule has 6 heteroatoms. The van der Waals surface area contributed by atoms with Crippen LogP contribution in [0, 0.1) is 6.92 Å². The van der Waals surface area contributed by atoms with E-state index in [-0.39, 0.29) is 11.8 Å². The summed E-state index contributed by atoms with van der Waals surface area (Å²) in [7, 11) is 3.47. The van der Waals surface area contributed by atoms with Crippen molar-refractivity contribution in [3.63, 3.8) is 0 Å². The van der Waals surface area contributed by atoms with Crippen LogP contribution in [0.3, 0.4) is 0 Å². The Morgan fingerprint density at radius 1 is 1.17 bits per heavy atom. The normalized spacial score (nSPS) is 13.9. The van der Waals surface area contributed by atoms with Gasteiger partial charge >= 0.3 is 0 Å². The van der Waals surface area contributed by atoms with Gasteiger partial charge in [0.2, 0.25) is 5.91 Å². The lowest BCUT2D eigenvalue weighted by Crippen LogP contribution is -2.30. The zero-order valence-electron chi connectivity index (χ0n) is 17.0. The fourth-order valence-electron chi connectivity index (χ4n) is 3.92. The fourth-order valence-corrected chi connectivity index (χ4v) is 3.92. The molecule has 1 saturated heterocycles. The van der Waals surface area contributed by atoms with Gasteiger partial charge in [0, 0.05) is 31.9 Å². The molecule has 0 aliphatic carbocycles. The molecule has 2 heterocycles. The van der Waals surface area contributed by atoms with Gasteiger partial charge in [-0.1, -0.05) is 29.8 Å². The molecular weight excluding hydrogens is 366 g/mol. The van der Waals surface area contributed by atoms with Gasteiger partial charge in [0.25, 0.3) is 5.91 Å². The number of amides is 2. The van der Waals surface area contributed by atoms with E-state index in [0.29, 0.717) is 36.6 Å². The van der Waals surface area contributed by atoms with Gasteiger partial charge < -0.3 is 19.5 Å². The van der Waals surface area contributed by atoms with Crippen molar-refractivity contribution in [1.29, 1.82) is 0 Å². The monoisotopic (exact) mass is 391 g/mol. The molecule has 1 fully saturated rings. The van der Waals surface area contributed by atoms with E-state index in [1.165, 1.54) is 5.56 Å². The second-order valence-corrected chi connectivity index (χ2v) is 7.46. The van der Waals surface area contributed by atoms with E-state index < -0.39 is 0 Å². The first kappa shape index (κ1) is 19.1. The Hall–Kier alpha value is -3.28. The number of ether oxygens (including phenoxy) is 1. The van der Waals surface area contributed by atoms with Crippen molar-refractivity contribution >= 4 is 28.4 Å². The van der Waals surface area contributed by atoms with Crippen LogP contribution in [0.1, 0.15) is 34.5 Å². The third kappa shape index (κ3) is 3.46. The SMILES string of the molecule is COc1ccc2c(c1)c(N1CCCC1=O)c(C(=O)NCc1ccc(C)cc1)n2C. The maximum absolute atomic E-state index is 13.2. The molecule has 4 rings (SSSR count). The summed E-state index contributed by atoms with van der Waals surface area (Å²) in [6, 6.07) is 13.8. The van der Waals surface area contributed by atoms with Gasteiger partial charge in [-0.3, -0.25) is 9.59 Å². The number of hydrogen-bond acceptors (Lipinski definition) is 3. The van der Waals surface area contributed by atoms with E-state index in [0.717, 1.165) is 22.9 Å². The second kappa shape index (κ2) is 7.62. The average Bonchev–Trinajstić information content (AvgIpc) is 3.27. The first-order valence-electron chi connectivity index (χ1n) is 9.80. The van der Waals surface area contributed by atoms with Crippen molar-refractivity contribution in [1.82, 2.24) is 9.88 Å². The lowest BCUT2D eigenvalue weighted by molar-refractivity contribution is -0.117. The molecule has 0 radical (unpaired) electrons. The standard InChI is InChI=1S/C23H25N3O3/c1-15-6-8-16(9-7-15)14-24-23(28)22-21(26-12-4-5-20(26)27)18-13-17(29-3)10-11-19(18)25(22)2/h6-11,13H,4-5,12,14H2,1-3H3,(H,24,28). The predicted molar refractivity (Wildman–Crippen MR) is 113 cm³/mol. The molecule has 2 aromatic carbocycles. The maximum atomic E-state index is 13.2. The first-order chi connectivity index (χ1) is 14.0. The highest BCUT2D eigenvalue weighted by molar-refractivity contribution is 6.14. The van der Waals surface area contributed by atoms with Crippen molar-refractivity contribution in [2.24, 2.45) is 7.05 Å². The number of nitrogens with zero attached hydrogens (tertiary/aromatic N) is 2. The average molecular weight is 391 g/mol. The second-order valence-electron chi connectivity index (χ2n) is 7.46. The Balaban J connectivity index is 1.75. The minimum absolute atomic E-state index is 0.0490. The number of aromatic nitrogens is 1. The van der Waals surface area contributed by atoms with E-state index >= 15 is 0 Å². The largest absolute Gasteiger partial charge is 0.497 e. The van der Waals surface area contributed by atoms with Gasteiger partial charge in [0.1, 0.15) is 11.4 Å². The Morgan fingerprint density at radius 3 is 2.59 bits per heavy atom. The van der Waals surface area contributed by atoms with E-state index in [2.05, 4.69) is 5.32 Å². The number of nitrogens with one attached hydrogen (secondary N) is 1. The van der Waals surface area contributed by atoms with Crippen LogP contribution in [0.4, 0.5) is 5.69 Å². The maximum Gasteiger partial charge on any atom is 0.270 e. The highest BCUT2D eigenvalue weighted by Gasteiger charge is 2.31. The minimum Gasteiger partial charge on any atom is -0.497 e. The molecule has 1 aliphatic heterocycles. The van der Waals surface area contributed by atoms with Crippen LogP contribution in [-0.4, -0.2) is 30.0 Å².